The quantitative estimate of drug-likeness (QED) is 0.509. The van der Waals surface area contributed by atoms with Crippen LogP contribution in [0.3, 0.4) is 0 Å². The van der Waals surface area contributed by atoms with Crippen molar-refractivity contribution in [1.82, 2.24) is 19.5 Å². The van der Waals surface area contributed by atoms with Gasteiger partial charge in [0.25, 0.3) is 0 Å². The van der Waals surface area contributed by atoms with Gasteiger partial charge in [0.05, 0.1) is 30.2 Å². The highest BCUT2D eigenvalue weighted by Crippen LogP contribution is 2.54. The van der Waals surface area contributed by atoms with Crippen LogP contribution in [0.4, 0.5) is 11.6 Å². The molecule has 1 spiro atoms. The molecule has 146 valence electrons. The van der Waals surface area contributed by atoms with Gasteiger partial charge in [0.1, 0.15) is 29.7 Å². The van der Waals surface area contributed by atoms with Crippen LogP contribution in [0.25, 0.3) is 11.0 Å². The Morgan fingerprint density at radius 1 is 1.11 bits per heavy atom. The molecule has 2 fully saturated rings. The molecule has 6 N–H and O–H groups in total. The van der Waals surface area contributed by atoms with Gasteiger partial charge >= 0.3 is 0 Å². The van der Waals surface area contributed by atoms with Crippen molar-refractivity contribution in [3.8, 4) is 0 Å². The van der Waals surface area contributed by atoms with E-state index in [1.165, 1.54) is 6.33 Å². The number of nitrogen functional groups attached to an aromatic ring is 2. The van der Waals surface area contributed by atoms with Gasteiger partial charge in [-0.15, -0.1) is 0 Å². The number of aliphatic hydroxyl groups is 2. The molecule has 5 rings (SSSR count). The minimum absolute atomic E-state index is 0.187. The SMILES string of the molecule is Nc1ccc(C2CC3(CO2)CC(n2ccc4c(N)ncnc42)C(O)C3O)cn1. The second-order valence-electron chi connectivity index (χ2n) is 7.81. The van der Waals surface area contributed by atoms with E-state index in [4.69, 9.17) is 16.2 Å². The Hall–Kier alpha value is -2.75. The number of pyridine rings is 1. The monoisotopic (exact) mass is 382 g/mol. The molecule has 9 heteroatoms. The zero-order chi connectivity index (χ0) is 19.5. The van der Waals surface area contributed by atoms with Crippen LogP contribution in [-0.4, -0.2) is 48.5 Å². The van der Waals surface area contributed by atoms with Crippen molar-refractivity contribution < 1.29 is 14.9 Å². The summed E-state index contributed by atoms with van der Waals surface area (Å²) in [4.78, 5) is 12.5. The zero-order valence-electron chi connectivity index (χ0n) is 15.1. The van der Waals surface area contributed by atoms with Gasteiger partial charge in [0.15, 0.2) is 0 Å². The predicted molar refractivity (Wildman–Crippen MR) is 102 cm³/mol. The van der Waals surface area contributed by atoms with Crippen molar-refractivity contribution in [2.75, 3.05) is 18.1 Å². The molecule has 0 amide bonds. The maximum atomic E-state index is 10.9. The third-order valence-electron chi connectivity index (χ3n) is 6.20. The number of nitrogens with two attached hydrogens (primary N) is 2. The first-order chi connectivity index (χ1) is 13.5. The van der Waals surface area contributed by atoms with Crippen molar-refractivity contribution >= 4 is 22.7 Å². The smallest absolute Gasteiger partial charge is 0.145 e. The Balaban J connectivity index is 1.45. The summed E-state index contributed by atoms with van der Waals surface area (Å²) < 4.78 is 7.88. The summed E-state index contributed by atoms with van der Waals surface area (Å²) in [6.07, 6.45) is 4.10. The molecular weight excluding hydrogens is 360 g/mol. The lowest BCUT2D eigenvalue weighted by Crippen LogP contribution is -2.37. The number of anilines is 2. The summed E-state index contributed by atoms with van der Waals surface area (Å²) in [6.45, 7) is 0.368. The maximum Gasteiger partial charge on any atom is 0.145 e. The Kier molecular flexibility index (Phi) is 3.80. The van der Waals surface area contributed by atoms with Gasteiger partial charge in [-0.1, -0.05) is 6.07 Å². The third-order valence-corrected chi connectivity index (χ3v) is 6.20. The van der Waals surface area contributed by atoms with Crippen LogP contribution in [0.1, 0.15) is 30.6 Å². The molecular formula is C19H22N6O3. The largest absolute Gasteiger partial charge is 0.390 e. The Morgan fingerprint density at radius 2 is 1.96 bits per heavy atom. The summed E-state index contributed by atoms with van der Waals surface area (Å²) in [5.41, 5.74) is 12.6. The first kappa shape index (κ1) is 17.4. The third kappa shape index (κ3) is 2.47. The van der Waals surface area contributed by atoms with Crippen molar-refractivity contribution in [3.63, 3.8) is 0 Å². The van der Waals surface area contributed by atoms with Crippen LogP contribution in [0.15, 0.2) is 36.9 Å². The van der Waals surface area contributed by atoms with Gasteiger partial charge in [-0.25, -0.2) is 15.0 Å². The minimum atomic E-state index is -0.932. The van der Waals surface area contributed by atoms with E-state index in [-0.39, 0.29) is 12.1 Å². The van der Waals surface area contributed by atoms with E-state index in [9.17, 15) is 10.2 Å². The number of aromatic nitrogens is 4. The van der Waals surface area contributed by atoms with Crippen LogP contribution in [0.5, 0.6) is 0 Å². The summed E-state index contributed by atoms with van der Waals surface area (Å²) in [6, 6.07) is 5.14. The van der Waals surface area contributed by atoms with Crippen molar-refractivity contribution in [2.45, 2.75) is 37.2 Å². The van der Waals surface area contributed by atoms with Crippen LogP contribution in [-0.2, 0) is 4.74 Å². The summed E-state index contributed by atoms with van der Waals surface area (Å²) in [7, 11) is 0. The van der Waals surface area contributed by atoms with Gasteiger partial charge in [0, 0.05) is 17.8 Å². The molecule has 1 saturated heterocycles. The molecule has 1 aliphatic heterocycles. The van der Waals surface area contributed by atoms with Crippen LogP contribution in [0, 0.1) is 5.41 Å². The van der Waals surface area contributed by atoms with E-state index in [1.807, 2.05) is 22.9 Å². The molecule has 2 aliphatic rings. The molecule has 9 nitrogen and oxygen atoms in total. The van der Waals surface area contributed by atoms with E-state index >= 15 is 0 Å². The lowest BCUT2D eigenvalue weighted by Gasteiger charge is -2.26. The summed E-state index contributed by atoms with van der Waals surface area (Å²) >= 11 is 0. The highest BCUT2D eigenvalue weighted by molar-refractivity contribution is 5.86. The molecule has 3 aromatic rings. The van der Waals surface area contributed by atoms with E-state index < -0.39 is 17.6 Å². The van der Waals surface area contributed by atoms with Crippen LogP contribution in [0.2, 0.25) is 0 Å². The van der Waals surface area contributed by atoms with E-state index in [0.717, 1.165) is 10.9 Å². The van der Waals surface area contributed by atoms with Gasteiger partial charge in [-0.2, -0.15) is 0 Å². The lowest BCUT2D eigenvalue weighted by molar-refractivity contribution is -0.0309. The Bertz CT molecular complexity index is 1020. The Labute approximate surface area is 161 Å². The molecule has 3 aromatic heterocycles. The van der Waals surface area contributed by atoms with Crippen LogP contribution < -0.4 is 11.5 Å². The average molecular weight is 382 g/mol. The summed E-state index contributed by atoms with van der Waals surface area (Å²) in [5.74, 6) is 0.847. The average Bonchev–Trinajstić information content (AvgIpc) is 3.37. The minimum Gasteiger partial charge on any atom is -0.390 e. The maximum absolute atomic E-state index is 10.9. The molecule has 0 aromatic carbocycles. The number of nitrogens with zero attached hydrogens (tertiary/aromatic N) is 4. The normalized spacial score (nSPS) is 32.5. The van der Waals surface area contributed by atoms with Crippen molar-refractivity contribution in [3.05, 3.63) is 42.5 Å². The molecule has 0 bridgehead atoms. The Morgan fingerprint density at radius 3 is 2.75 bits per heavy atom. The highest BCUT2D eigenvalue weighted by atomic mass is 16.5. The number of rotatable bonds is 2. The fourth-order valence-corrected chi connectivity index (χ4v) is 4.67. The standard InChI is InChI=1S/C19H22N6O3/c20-14-2-1-10(7-22-14)13-6-19(8-28-13)5-12(15(26)16(19)27)25-4-3-11-17(21)23-9-24-18(11)25/h1-4,7,9,12-13,15-16,26-27H,5-6,8H2,(H2,20,22)(H2,21,23,24). The number of aliphatic hydroxyl groups excluding tert-OH is 2. The second-order valence-corrected chi connectivity index (χ2v) is 7.81. The lowest BCUT2D eigenvalue weighted by atomic mass is 9.80. The van der Waals surface area contributed by atoms with Gasteiger partial charge < -0.3 is 31.0 Å². The topological polar surface area (TPSA) is 145 Å². The van der Waals surface area contributed by atoms with Gasteiger partial charge in [-0.05, 0) is 30.5 Å². The van der Waals surface area contributed by atoms with Gasteiger partial charge in [0.2, 0.25) is 0 Å². The first-order valence-corrected chi connectivity index (χ1v) is 9.25. The number of hydrogen-bond donors (Lipinski definition) is 4. The van der Waals surface area contributed by atoms with Crippen molar-refractivity contribution in [1.29, 1.82) is 0 Å². The van der Waals surface area contributed by atoms with E-state index in [2.05, 4.69) is 15.0 Å². The van der Waals surface area contributed by atoms with Crippen molar-refractivity contribution in [2.24, 2.45) is 5.41 Å². The highest BCUT2D eigenvalue weighted by Gasteiger charge is 2.57. The zero-order valence-corrected chi connectivity index (χ0v) is 15.1. The molecule has 4 heterocycles. The van der Waals surface area contributed by atoms with Crippen LogP contribution >= 0.6 is 0 Å². The molecule has 5 unspecified atom stereocenters. The second kappa shape index (κ2) is 6.13. The fourth-order valence-electron chi connectivity index (χ4n) is 4.67. The predicted octanol–water partition coefficient (Wildman–Crippen LogP) is 0.805. The van der Waals surface area contributed by atoms with Gasteiger partial charge in [-0.3, -0.25) is 0 Å². The number of ether oxygens (including phenoxy) is 1. The van der Waals surface area contributed by atoms with E-state index in [1.54, 1.807) is 12.3 Å². The molecule has 28 heavy (non-hydrogen) atoms. The number of fused-ring (bicyclic) bond motifs is 1. The van der Waals surface area contributed by atoms with E-state index in [0.29, 0.717) is 36.7 Å². The first-order valence-electron chi connectivity index (χ1n) is 9.25. The number of hydrogen-bond acceptors (Lipinski definition) is 8. The summed E-state index contributed by atoms with van der Waals surface area (Å²) in [5, 5.41) is 22.5. The molecule has 1 aliphatic carbocycles. The molecule has 0 radical (unpaired) electrons. The molecule has 1 saturated carbocycles. The molecule has 5 atom stereocenters. The fraction of sp³-hybridized carbons (Fsp3) is 0.421.